The predicted molar refractivity (Wildman–Crippen MR) is 88.0 cm³/mol. The quantitative estimate of drug-likeness (QED) is 0.521. The minimum Gasteiger partial charge on any atom is -0.294 e. The van der Waals surface area contributed by atoms with E-state index in [2.05, 4.69) is 20.9 Å². The van der Waals surface area contributed by atoms with Gasteiger partial charge in [-0.25, -0.2) is 9.37 Å². The van der Waals surface area contributed by atoms with Crippen molar-refractivity contribution < 1.29 is 4.39 Å². The molecule has 1 aromatic heterocycles. The SMILES string of the molecule is Cc1cccc(-n2c(CCl)nc3cc(F)c(Cl)cc32)c1Br. The molecule has 0 atom stereocenters. The molecule has 1 heterocycles. The maximum absolute atomic E-state index is 13.6. The number of hydrogen-bond donors (Lipinski definition) is 0. The van der Waals surface area contributed by atoms with Gasteiger partial charge < -0.3 is 0 Å². The van der Waals surface area contributed by atoms with Gasteiger partial charge in [0, 0.05) is 10.5 Å². The summed E-state index contributed by atoms with van der Waals surface area (Å²) in [6, 6.07) is 8.80. The third-order valence-electron chi connectivity index (χ3n) is 3.30. The summed E-state index contributed by atoms with van der Waals surface area (Å²) in [5, 5.41) is 0.0635. The van der Waals surface area contributed by atoms with Crippen molar-refractivity contribution in [3.63, 3.8) is 0 Å². The summed E-state index contributed by atoms with van der Waals surface area (Å²) in [6.45, 7) is 2.00. The molecule has 2 nitrogen and oxygen atoms in total. The number of rotatable bonds is 2. The molecule has 0 amide bonds. The van der Waals surface area contributed by atoms with Gasteiger partial charge >= 0.3 is 0 Å². The first-order valence-corrected chi connectivity index (χ1v) is 7.91. The van der Waals surface area contributed by atoms with Gasteiger partial charge in [-0.3, -0.25) is 4.57 Å². The molecule has 0 N–H and O–H groups in total. The van der Waals surface area contributed by atoms with E-state index in [0.717, 1.165) is 21.2 Å². The van der Waals surface area contributed by atoms with Crippen LogP contribution in [0.5, 0.6) is 0 Å². The van der Waals surface area contributed by atoms with Crippen LogP contribution in [0.2, 0.25) is 5.02 Å². The molecule has 3 rings (SSSR count). The molecule has 0 spiro atoms. The highest BCUT2D eigenvalue weighted by Gasteiger charge is 2.16. The third kappa shape index (κ3) is 2.45. The number of hydrogen-bond acceptors (Lipinski definition) is 1. The molecule has 6 heteroatoms. The summed E-state index contributed by atoms with van der Waals surface area (Å²) in [4.78, 5) is 4.39. The van der Waals surface area contributed by atoms with Crippen LogP contribution < -0.4 is 0 Å². The minimum absolute atomic E-state index is 0.0635. The number of alkyl halides is 1. The Hall–Kier alpha value is -1.10. The second kappa shape index (κ2) is 5.59. The summed E-state index contributed by atoms with van der Waals surface area (Å²) in [5.41, 5.74) is 3.24. The van der Waals surface area contributed by atoms with E-state index in [4.69, 9.17) is 23.2 Å². The maximum Gasteiger partial charge on any atom is 0.144 e. The molecule has 0 saturated carbocycles. The van der Waals surface area contributed by atoms with Crippen LogP contribution in [0.1, 0.15) is 11.4 Å². The van der Waals surface area contributed by atoms with E-state index in [0.29, 0.717) is 11.3 Å². The third-order valence-corrected chi connectivity index (χ3v) is 4.86. The van der Waals surface area contributed by atoms with Crippen LogP contribution in [0.25, 0.3) is 16.7 Å². The Kier molecular flexibility index (Phi) is 3.95. The maximum atomic E-state index is 13.6. The molecule has 3 aromatic rings. The first-order chi connectivity index (χ1) is 10.0. The van der Waals surface area contributed by atoms with E-state index in [1.54, 1.807) is 6.07 Å². The summed E-state index contributed by atoms with van der Waals surface area (Å²) in [5.74, 6) is 0.367. The van der Waals surface area contributed by atoms with Gasteiger partial charge in [0.05, 0.1) is 27.6 Å². The lowest BCUT2D eigenvalue weighted by molar-refractivity contribution is 0.630. The van der Waals surface area contributed by atoms with Crippen molar-refractivity contribution >= 4 is 50.2 Å². The van der Waals surface area contributed by atoms with Crippen molar-refractivity contribution in [2.24, 2.45) is 0 Å². The highest BCUT2D eigenvalue weighted by molar-refractivity contribution is 9.10. The largest absolute Gasteiger partial charge is 0.294 e. The Balaban J connectivity index is 2.40. The zero-order valence-electron chi connectivity index (χ0n) is 11.0. The molecule has 0 bridgehead atoms. The first kappa shape index (κ1) is 14.8. The van der Waals surface area contributed by atoms with Gasteiger partial charge in [0.1, 0.15) is 11.6 Å². The molecule has 0 aliphatic carbocycles. The number of aromatic nitrogens is 2. The van der Waals surface area contributed by atoms with E-state index in [-0.39, 0.29) is 10.9 Å². The highest BCUT2D eigenvalue weighted by Crippen LogP contribution is 2.32. The number of imidazole rings is 1. The monoisotopic (exact) mass is 386 g/mol. The number of fused-ring (bicyclic) bond motifs is 1. The van der Waals surface area contributed by atoms with Crippen molar-refractivity contribution in [1.82, 2.24) is 9.55 Å². The zero-order chi connectivity index (χ0) is 15.1. The fourth-order valence-electron chi connectivity index (χ4n) is 2.29. The van der Waals surface area contributed by atoms with Gasteiger partial charge in [-0.05, 0) is 40.5 Å². The van der Waals surface area contributed by atoms with E-state index < -0.39 is 5.82 Å². The van der Waals surface area contributed by atoms with Crippen molar-refractivity contribution in [3.8, 4) is 5.69 Å². The molecule has 0 aliphatic rings. The summed E-state index contributed by atoms with van der Waals surface area (Å²) in [7, 11) is 0. The highest BCUT2D eigenvalue weighted by atomic mass is 79.9. The molecule has 0 saturated heterocycles. The second-order valence-corrected chi connectivity index (χ2v) is 6.13. The number of benzene rings is 2. The van der Waals surface area contributed by atoms with Gasteiger partial charge in [-0.1, -0.05) is 23.7 Å². The number of nitrogens with zero attached hydrogens (tertiary/aromatic N) is 2. The van der Waals surface area contributed by atoms with Gasteiger partial charge in [0.15, 0.2) is 0 Å². The molecule has 0 fully saturated rings. The van der Waals surface area contributed by atoms with Crippen molar-refractivity contribution in [2.45, 2.75) is 12.8 Å². The number of halogens is 4. The Labute approximate surface area is 139 Å². The minimum atomic E-state index is -0.488. The lowest BCUT2D eigenvalue weighted by Crippen LogP contribution is -2.01. The van der Waals surface area contributed by atoms with Crippen LogP contribution in [0, 0.1) is 12.7 Å². The Morgan fingerprint density at radius 2 is 2.10 bits per heavy atom. The average molecular weight is 388 g/mol. The van der Waals surface area contributed by atoms with Gasteiger partial charge in [-0.15, -0.1) is 11.6 Å². The molecule has 0 radical (unpaired) electrons. The van der Waals surface area contributed by atoms with Crippen LogP contribution in [0.4, 0.5) is 4.39 Å². The first-order valence-electron chi connectivity index (χ1n) is 6.20. The van der Waals surface area contributed by atoms with Crippen molar-refractivity contribution in [3.05, 3.63) is 57.0 Å². The van der Waals surface area contributed by atoms with E-state index in [1.807, 2.05) is 29.7 Å². The Morgan fingerprint density at radius 1 is 1.33 bits per heavy atom. The van der Waals surface area contributed by atoms with E-state index >= 15 is 0 Å². The molecule has 108 valence electrons. The molecule has 0 unspecified atom stereocenters. The van der Waals surface area contributed by atoms with Crippen molar-refractivity contribution in [2.75, 3.05) is 0 Å². The van der Waals surface area contributed by atoms with Crippen LogP contribution in [-0.2, 0) is 5.88 Å². The van der Waals surface area contributed by atoms with Crippen LogP contribution in [0.3, 0.4) is 0 Å². The van der Waals surface area contributed by atoms with Crippen molar-refractivity contribution in [1.29, 1.82) is 0 Å². The van der Waals surface area contributed by atoms with E-state index in [9.17, 15) is 4.39 Å². The summed E-state index contributed by atoms with van der Waals surface area (Å²) < 4.78 is 16.5. The van der Waals surface area contributed by atoms with Crippen LogP contribution in [-0.4, -0.2) is 9.55 Å². The van der Waals surface area contributed by atoms with Crippen LogP contribution >= 0.6 is 39.1 Å². The molecule has 0 aliphatic heterocycles. The average Bonchev–Trinajstić information content (AvgIpc) is 2.80. The Morgan fingerprint density at radius 3 is 2.81 bits per heavy atom. The van der Waals surface area contributed by atoms with Gasteiger partial charge in [0.25, 0.3) is 0 Å². The standard InChI is InChI=1S/C15H10BrCl2FN2/c1-8-3-2-4-12(15(8)16)21-13-5-9(18)10(19)6-11(13)20-14(21)7-17/h2-6H,7H2,1H3. The molecular weight excluding hydrogens is 378 g/mol. The number of aryl methyl sites for hydroxylation is 1. The Bertz CT molecular complexity index is 845. The fourth-order valence-corrected chi connectivity index (χ4v) is 3.06. The smallest absolute Gasteiger partial charge is 0.144 e. The topological polar surface area (TPSA) is 17.8 Å². The molecule has 2 aromatic carbocycles. The second-order valence-electron chi connectivity index (χ2n) is 4.66. The normalized spacial score (nSPS) is 11.3. The molecular formula is C15H10BrCl2FN2. The zero-order valence-corrected chi connectivity index (χ0v) is 14.1. The molecule has 21 heavy (non-hydrogen) atoms. The van der Waals surface area contributed by atoms with Crippen LogP contribution in [0.15, 0.2) is 34.8 Å². The lowest BCUT2D eigenvalue weighted by Gasteiger charge is -2.12. The van der Waals surface area contributed by atoms with Gasteiger partial charge in [-0.2, -0.15) is 0 Å². The fraction of sp³-hybridized carbons (Fsp3) is 0.133. The summed E-state index contributed by atoms with van der Waals surface area (Å²) in [6.07, 6.45) is 0. The summed E-state index contributed by atoms with van der Waals surface area (Å²) >= 11 is 15.5. The van der Waals surface area contributed by atoms with E-state index in [1.165, 1.54) is 6.07 Å². The predicted octanol–water partition coefficient (Wildman–Crippen LogP) is 5.63. The van der Waals surface area contributed by atoms with Gasteiger partial charge in [0.2, 0.25) is 0 Å². The lowest BCUT2D eigenvalue weighted by atomic mass is 10.2.